The minimum Gasteiger partial charge on any atom is -0.495 e. The molecule has 6 nitrogen and oxygen atoms in total. The molecule has 0 saturated carbocycles. The number of aryl methyl sites for hydroxylation is 1. The second-order valence-corrected chi connectivity index (χ2v) is 6.76. The Bertz CT molecular complexity index is 681. The number of ether oxygens (including phenoxy) is 1. The number of carbonyl (C=O) groups is 1. The smallest absolute Gasteiger partial charge is 0.311 e. The first kappa shape index (κ1) is 15.5. The normalized spacial score (nSPS) is 19.4. The number of nitrogens with zero attached hydrogens (tertiary/aromatic N) is 1. The molecule has 0 radical (unpaired) electrons. The van der Waals surface area contributed by atoms with Crippen LogP contribution >= 0.6 is 0 Å². The number of carboxylic acids is 1. The third-order valence-corrected chi connectivity index (χ3v) is 5.18. The van der Waals surface area contributed by atoms with E-state index in [1.165, 1.54) is 19.3 Å². The molecule has 0 aliphatic carbocycles. The maximum atomic E-state index is 12.7. The summed E-state index contributed by atoms with van der Waals surface area (Å²) in [5, 5.41) is 9.04. The molecule has 1 atom stereocenters. The Morgan fingerprint density at radius 2 is 2.14 bits per heavy atom. The van der Waals surface area contributed by atoms with Gasteiger partial charge in [-0.25, -0.2) is 8.42 Å². The van der Waals surface area contributed by atoms with Gasteiger partial charge in [-0.1, -0.05) is 18.2 Å². The van der Waals surface area contributed by atoms with Crippen molar-refractivity contribution in [3.05, 3.63) is 35.9 Å². The zero-order valence-electron chi connectivity index (χ0n) is 11.8. The molecular weight excluding hydrogens is 294 g/mol. The zero-order chi connectivity index (χ0) is 15.6. The first-order valence-electron chi connectivity index (χ1n) is 6.40. The van der Waals surface area contributed by atoms with Gasteiger partial charge in [-0.15, -0.1) is 0 Å². The lowest BCUT2D eigenvalue weighted by atomic mass is 10.1. The lowest BCUT2D eigenvalue weighted by Gasteiger charge is -2.26. The van der Waals surface area contributed by atoms with Crippen molar-refractivity contribution in [3.8, 4) is 5.75 Å². The number of rotatable bonds is 4. The van der Waals surface area contributed by atoms with Crippen LogP contribution in [-0.4, -0.2) is 44.0 Å². The average Bonchev–Trinajstić information content (AvgIpc) is 2.47. The van der Waals surface area contributed by atoms with Crippen molar-refractivity contribution in [3.63, 3.8) is 0 Å². The van der Waals surface area contributed by atoms with E-state index in [1.807, 2.05) is 0 Å². The molecule has 7 heteroatoms. The van der Waals surface area contributed by atoms with Crippen LogP contribution in [0.2, 0.25) is 0 Å². The summed E-state index contributed by atoms with van der Waals surface area (Å²) in [6, 6.07) is 4.88. The van der Waals surface area contributed by atoms with Crippen LogP contribution in [0.3, 0.4) is 0 Å². The third kappa shape index (κ3) is 3.08. The molecule has 0 fully saturated rings. The highest BCUT2D eigenvalue weighted by molar-refractivity contribution is 7.89. The molecule has 1 aliphatic rings. The van der Waals surface area contributed by atoms with E-state index >= 15 is 0 Å². The molecular formula is C14H17NO5S. The number of hydrogen-bond acceptors (Lipinski definition) is 4. The predicted molar refractivity (Wildman–Crippen MR) is 76.8 cm³/mol. The lowest BCUT2D eigenvalue weighted by molar-refractivity contribution is -0.140. The van der Waals surface area contributed by atoms with Gasteiger partial charge in [-0.2, -0.15) is 4.31 Å². The van der Waals surface area contributed by atoms with Crippen LogP contribution in [0.15, 0.2) is 35.2 Å². The molecule has 1 aromatic carbocycles. The fourth-order valence-electron chi connectivity index (χ4n) is 2.18. The quantitative estimate of drug-likeness (QED) is 0.846. The molecule has 1 heterocycles. The Morgan fingerprint density at radius 3 is 2.76 bits per heavy atom. The average molecular weight is 311 g/mol. The summed E-state index contributed by atoms with van der Waals surface area (Å²) in [7, 11) is -2.40. The van der Waals surface area contributed by atoms with E-state index in [4.69, 9.17) is 9.84 Å². The summed E-state index contributed by atoms with van der Waals surface area (Å²) >= 11 is 0. The van der Waals surface area contributed by atoms with E-state index in [0.29, 0.717) is 0 Å². The fourth-order valence-corrected chi connectivity index (χ4v) is 3.84. The van der Waals surface area contributed by atoms with Gasteiger partial charge in [0.05, 0.1) is 13.0 Å². The Hall–Kier alpha value is -1.86. The molecule has 0 spiro atoms. The topological polar surface area (TPSA) is 83.9 Å². The maximum absolute atomic E-state index is 12.7. The largest absolute Gasteiger partial charge is 0.495 e. The summed E-state index contributed by atoms with van der Waals surface area (Å²) in [5.41, 5.74) is 0.789. The van der Waals surface area contributed by atoms with Gasteiger partial charge in [0.1, 0.15) is 10.6 Å². The minimum absolute atomic E-state index is 0.0597. The number of benzene rings is 1. The minimum atomic E-state index is -3.80. The van der Waals surface area contributed by atoms with E-state index in [2.05, 4.69) is 0 Å². The van der Waals surface area contributed by atoms with Crippen molar-refractivity contribution >= 4 is 16.0 Å². The maximum Gasteiger partial charge on any atom is 0.311 e. The van der Waals surface area contributed by atoms with Crippen molar-refractivity contribution in [2.45, 2.75) is 11.8 Å². The van der Waals surface area contributed by atoms with Crippen molar-refractivity contribution in [1.82, 2.24) is 4.31 Å². The van der Waals surface area contributed by atoms with Crippen LogP contribution in [-0.2, 0) is 14.8 Å². The highest BCUT2D eigenvalue weighted by atomic mass is 32.2. The number of methoxy groups -OCH3 is 1. The first-order valence-corrected chi connectivity index (χ1v) is 7.84. The van der Waals surface area contributed by atoms with Gasteiger partial charge in [-0.05, 0) is 24.6 Å². The van der Waals surface area contributed by atoms with Gasteiger partial charge in [0, 0.05) is 13.1 Å². The molecule has 1 N–H and O–H groups in total. The summed E-state index contributed by atoms with van der Waals surface area (Å²) < 4.78 is 31.7. The number of sulfonamides is 1. The molecule has 1 aromatic rings. The van der Waals surface area contributed by atoms with Crippen LogP contribution < -0.4 is 4.74 Å². The fraction of sp³-hybridized carbons (Fsp3) is 0.357. The molecule has 0 bridgehead atoms. The monoisotopic (exact) mass is 311 g/mol. The molecule has 114 valence electrons. The van der Waals surface area contributed by atoms with Gasteiger partial charge in [0.25, 0.3) is 0 Å². The summed E-state index contributed by atoms with van der Waals surface area (Å²) in [6.07, 6.45) is 3.07. The third-order valence-electron chi connectivity index (χ3n) is 3.33. The van der Waals surface area contributed by atoms with Crippen LogP contribution in [0.4, 0.5) is 0 Å². The van der Waals surface area contributed by atoms with Crippen LogP contribution in [0.1, 0.15) is 5.56 Å². The molecule has 0 aromatic heterocycles. The Kier molecular flexibility index (Phi) is 4.34. The van der Waals surface area contributed by atoms with Gasteiger partial charge < -0.3 is 9.84 Å². The van der Waals surface area contributed by atoms with Gasteiger partial charge in [-0.3, -0.25) is 4.79 Å². The molecule has 0 amide bonds. The first-order chi connectivity index (χ1) is 9.86. The van der Waals surface area contributed by atoms with Crippen LogP contribution in [0.5, 0.6) is 5.75 Å². The van der Waals surface area contributed by atoms with Gasteiger partial charge in [0.2, 0.25) is 10.0 Å². The Morgan fingerprint density at radius 1 is 1.43 bits per heavy atom. The van der Waals surface area contributed by atoms with Crippen molar-refractivity contribution in [2.75, 3.05) is 20.2 Å². The molecule has 21 heavy (non-hydrogen) atoms. The Balaban J connectivity index is 2.41. The van der Waals surface area contributed by atoms with E-state index in [1.54, 1.807) is 25.1 Å². The Labute approximate surface area is 123 Å². The van der Waals surface area contributed by atoms with E-state index in [0.717, 1.165) is 9.87 Å². The molecule has 0 saturated heterocycles. The SMILES string of the molecule is COc1ccc(C)cc1S(=O)(=O)N1CC=CC(C(=O)O)C1. The van der Waals surface area contributed by atoms with Crippen LogP contribution in [0, 0.1) is 12.8 Å². The van der Waals surface area contributed by atoms with E-state index in [9.17, 15) is 13.2 Å². The van der Waals surface area contributed by atoms with Gasteiger partial charge >= 0.3 is 5.97 Å². The standard InChI is InChI=1S/C14H17NO5S/c1-10-5-6-12(20-2)13(8-10)21(18,19)15-7-3-4-11(9-15)14(16)17/h3-6,8,11H,7,9H2,1-2H3,(H,16,17). The van der Waals surface area contributed by atoms with E-state index < -0.39 is 21.9 Å². The van der Waals surface area contributed by atoms with Crippen molar-refractivity contribution in [2.24, 2.45) is 5.92 Å². The summed E-state index contributed by atoms with van der Waals surface area (Å²) in [5.74, 6) is -1.62. The number of carboxylic acid groups (broad SMARTS) is 1. The summed E-state index contributed by atoms with van der Waals surface area (Å²) in [6.45, 7) is 1.86. The molecule has 1 unspecified atom stereocenters. The van der Waals surface area contributed by atoms with E-state index in [-0.39, 0.29) is 23.7 Å². The second-order valence-electron chi connectivity index (χ2n) is 4.85. The second kappa shape index (κ2) is 5.87. The van der Waals surface area contributed by atoms with Crippen molar-refractivity contribution in [1.29, 1.82) is 0 Å². The van der Waals surface area contributed by atoms with Crippen LogP contribution in [0.25, 0.3) is 0 Å². The predicted octanol–water partition coefficient (Wildman–Crippen LogP) is 1.26. The molecule has 1 aliphatic heterocycles. The highest BCUT2D eigenvalue weighted by Gasteiger charge is 2.32. The number of hydrogen-bond donors (Lipinski definition) is 1. The van der Waals surface area contributed by atoms with Gasteiger partial charge in [0.15, 0.2) is 0 Å². The molecule has 2 rings (SSSR count). The number of aliphatic carboxylic acids is 1. The highest BCUT2D eigenvalue weighted by Crippen LogP contribution is 2.29. The lowest BCUT2D eigenvalue weighted by Crippen LogP contribution is -2.40. The summed E-state index contributed by atoms with van der Waals surface area (Å²) in [4.78, 5) is 11.1. The zero-order valence-corrected chi connectivity index (χ0v) is 12.6. The van der Waals surface area contributed by atoms with Crippen molar-refractivity contribution < 1.29 is 23.1 Å².